The van der Waals surface area contributed by atoms with Crippen LogP contribution in [0.1, 0.15) is 16.7 Å². The lowest BCUT2D eigenvalue weighted by Crippen LogP contribution is -2.32. The van der Waals surface area contributed by atoms with Crippen molar-refractivity contribution in [1.82, 2.24) is 9.66 Å². The van der Waals surface area contributed by atoms with Crippen LogP contribution in [-0.2, 0) is 6.61 Å². The van der Waals surface area contributed by atoms with Crippen LogP contribution in [0.4, 0.5) is 5.69 Å². The Bertz CT molecular complexity index is 1450. The topological polar surface area (TPSA) is 120 Å². The van der Waals surface area contributed by atoms with Crippen LogP contribution < -0.4 is 16.0 Å². The zero-order chi connectivity index (χ0) is 22.7. The lowest BCUT2D eigenvalue weighted by atomic mass is 10.1. The molecule has 4 aromatic rings. The normalized spacial score (nSPS) is 11.2. The average Bonchev–Trinajstić information content (AvgIpc) is 2.79. The summed E-state index contributed by atoms with van der Waals surface area (Å²) < 4.78 is 6.31. The molecule has 4 rings (SSSR count). The summed E-state index contributed by atoms with van der Waals surface area (Å²) in [7, 11) is 0. The van der Waals surface area contributed by atoms with Crippen molar-refractivity contribution in [2.24, 2.45) is 5.10 Å². The lowest BCUT2D eigenvalue weighted by molar-refractivity contribution is -0.385. The zero-order valence-electron chi connectivity index (χ0n) is 17.0. The van der Waals surface area contributed by atoms with Gasteiger partial charge in [-0.1, -0.05) is 42.0 Å². The Morgan fingerprint density at radius 1 is 1.09 bits per heavy atom. The number of nitro groups is 1. The van der Waals surface area contributed by atoms with E-state index in [1.54, 1.807) is 30.3 Å². The third kappa shape index (κ3) is 4.31. The predicted octanol–water partition coefficient (Wildman–Crippen LogP) is 3.37. The summed E-state index contributed by atoms with van der Waals surface area (Å²) in [5, 5.41) is 15.8. The lowest BCUT2D eigenvalue weighted by Gasteiger charge is -2.08. The fourth-order valence-electron chi connectivity index (χ4n) is 3.11. The van der Waals surface area contributed by atoms with Gasteiger partial charge in [-0.2, -0.15) is 5.10 Å². The smallest absolute Gasteiger partial charge is 0.349 e. The van der Waals surface area contributed by atoms with Crippen LogP contribution in [0.25, 0.3) is 10.9 Å². The maximum absolute atomic E-state index is 12.5. The van der Waals surface area contributed by atoms with Crippen molar-refractivity contribution in [3.8, 4) is 5.75 Å². The van der Waals surface area contributed by atoms with Crippen molar-refractivity contribution < 1.29 is 9.66 Å². The Labute approximate surface area is 181 Å². The number of ether oxygens (including phenoxy) is 1. The molecule has 1 N–H and O–H groups in total. The molecule has 3 aromatic carbocycles. The van der Waals surface area contributed by atoms with Gasteiger partial charge >= 0.3 is 11.4 Å². The van der Waals surface area contributed by atoms with Crippen LogP contribution >= 0.6 is 0 Å². The van der Waals surface area contributed by atoms with E-state index in [4.69, 9.17) is 4.74 Å². The van der Waals surface area contributed by atoms with Gasteiger partial charge in [-0.15, -0.1) is 4.68 Å². The molecule has 160 valence electrons. The van der Waals surface area contributed by atoms with E-state index in [2.05, 4.69) is 10.1 Å². The summed E-state index contributed by atoms with van der Waals surface area (Å²) in [6.07, 6.45) is 1.21. The summed E-state index contributed by atoms with van der Waals surface area (Å²) in [5.74, 6) is 0.105. The summed E-state index contributed by atoms with van der Waals surface area (Å²) in [4.78, 5) is 38.3. The second-order valence-electron chi connectivity index (χ2n) is 7.10. The number of rotatable bonds is 6. The molecule has 0 fully saturated rings. The van der Waals surface area contributed by atoms with Gasteiger partial charge < -0.3 is 9.72 Å². The number of hydrogen-bond donors (Lipinski definition) is 1. The van der Waals surface area contributed by atoms with Crippen molar-refractivity contribution in [3.05, 3.63) is 114 Å². The van der Waals surface area contributed by atoms with E-state index in [9.17, 15) is 19.7 Å². The van der Waals surface area contributed by atoms with Crippen LogP contribution in [-0.4, -0.2) is 20.8 Å². The van der Waals surface area contributed by atoms with Gasteiger partial charge in [-0.05, 0) is 36.8 Å². The molecule has 0 spiro atoms. The molecule has 0 aliphatic heterocycles. The predicted molar refractivity (Wildman–Crippen MR) is 120 cm³/mol. The molecule has 0 amide bonds. The van der Waals surface area contributed by atoms with E-state index in [0.29, 0.717) is 21.1 Å². The number of aryl methyl sites for hydroxylation is 1. The standard InChI is InChI=1S/C23H18N4O5/c1-15-6-8-16(9-7-15)14-32-21-11-10-17(12-20(21)27(30)31)13-24-26-22(28)18-4-2-3-5-19(18)25-23(26)29/h2-13H,14H2,1H3,(H,25,29). The Morgan fingerprint density at radius 2 is 1.84 bits per heavy atom. The zero-order valence-corrected chi connectivity index (χ0v) is 17.0. The number of nitro benzene ring substituents is 1. The van der Waals surface area contributed by atoms with Crippen molar-refractivity contribution in [2.45, 2.75) is 13.5 Å². The molecule has 0 aliphatic rings. The Balaban J connectivity index is 1.62. The van der Waals surface area contributed by atoms with E-state index in [1.165, 1.54) is 18.3 Å². The van der Waals surface area contributed by atoms with Gasteiger partial charge in [0.2, 0.25) is 0 Å². The average molecular weight is 430 g/mol. The minimum absolute atomic E-state index is 0.105. The maximum Gasteiger partial charge on any atom is 0.349 e. The molecule has 9 heteroatoms. The Hall–Kier alpha value is -4.53. The highest BCUT2D eigenvalue weighted by Gasteiger charge is 2.16. The third-order valence-corrected chi connectivity index (χ3v) is 4.80. The van der Waals surface area contributed by atoms with Gasteiger partial charge in [0, 0.05) is 11.6 Å². The minimum atomic E-state index is -0.711. The number of hydrogen-bond acceptors (Lipinski definition) is 6. The molecule has 0 bridgehead atoms. The number of aromatic nitrogens is 2. The maximum atomic E-state index is 12.5. The van der Waals surface area contributed by atoms with Crippen molar-refractivity contribution >= 4 is 22.8 Å². The monoisotopic (exact) mass is 430 g/mol. The van der Waals surface area contributed by atoms with Gasteiger partial charge in [0.05, 0.1) is 22.0 Å². The molecule has 0 unspecified atom stereocenters. The Morgan fingerprint density at radius 3 is 2.59 bits per heavy atom. The summed E-state index contributed by atoms with van der Waals surface area (Å²) >= 11 is 0. The van der Waals surface area contributed by atoms with Crippen LogP contribution in [0.5, 0.6) is 5.75 Å². The summed E-state index contributed by atoms with van der Waals surface area (Å²) in [5.41, 5.74) is 1.17. The van der Waals surface area contributed by atoms with Gasteiger partial charge in [0.1, 0.15) is 6.61 Å². The van der Waals surface area contributed by atoms with E-state index < -0.39 is 16.2 Å². The SMILES string of the molecule is Cc1ccc(COc2ccc(C=Nn3c(=O)[nH]c4ccccc4c3=O)cc2[N+](=O)[O-])cc1. The van der Waals surface area contributed by atoms with E-state index in [0.717, 1.165) is 11.1 Å². The highest BCUT2D eigenvalue weighted by atomic mass is 16.6. The molecular formula is C23H18N4O5. The van der Waals surface area contributed by atoms with Gasteiger partial charge in [0.15, 0.2) is 5.75 Å². The molecule has 0 atom stereocenters. The van der Waals surface area contributed by atoms with Gasteiger partial charge in [-0.25, -0.2) is 4.79 Å². The first-order valence-corrected chi connectivity index (χ1v) is 9.67. The summed E-state index contributed by atoms with van der Waals surface area (Å²) in [6, 6.07) is 18.5. The molecule has 0 saturated heterocycles. The third-order valence-electron chi connectivity index (χ3n) is 4.80. The van der Waals surface area contributed by atoms with Crippen LogP contribution in [0, 0.1) is 17.0 Å². The fraction of sp³-hybridized carbons (Fsp3) is 0.0870. The largest absolute Gasteiger partial charge is 0.482 e. The summed E-state index contributed by atoms with van der Waals surface area (Å²) in [6.45, 7) is 2.14. The number of aromatic amines is 1. The molecule has 0 radical (unpaired) electrons. The molecule has 0 aliphatic carbocycles. The highest BCUT2D eigenvalue weighted by Crippen LogP contribution is 2.28. The van der Waals surface area contributed by atoms with Crippen molar-refractivity contribution in [2.75, 3.05) is 0 Å². The second kappa shape index (κ2) is 8.68. The van der Waals surface area contributed by atoms with E-state index in [1.807, 2.05) is 31.2 Å². The molecule has 9 nitrogen and oxygen atoms in total. The first kappa shape index (κ1) is 20.7. The number of fused-ring (bicyclic) bond motifs is 1. The molecule has 32 heavy (non-hydrogen) atoms. The van der Waals surface area contributed by atoms with Crippen molar-refractivity contribution in [1.29, 1.82) is 0 Å². The molecule has 1 heterocycles. The molecule has 0 saturated carbocycles. The first-order valence-electron chi connectivity index (χ1n) is 9.67. The van der Waals surface area contributed by atoms with Crippen LogP contribution in [0.3, 0.4) is 0 Å². The van der Waals surface area contributed by atoms with E-state index in [-0.39, 0.29) is 18.0 Å². The molecular weight excluding hydrogens is 412 g/mol. The van der Waals surface area contributed by atoms with Crippen LogP contribution in [0.2, 0.25) is 0 Å². The fourth-order valence-corrected chi connectivity index (χ4v) is 3.11. The first-order chi connectivity index (χ1) is 15.4. The van der Waals surface area contributed by atoms with Gasteiger partial charge in [-0.3, -0.25) is 14.9 Å². The molecule has 1 aromatic heterocycles. The number of benzene rings is 3. The number of H-pyrrole nitrogens is 1. The van der Waals surface area contributed by atoms with Crippen molar-refractivity contribution in [3.63, 3.8) is 0 Å². The van der Waals surface area contributed by atoms with E-state index >= 15 is 0 Å². The minimum Gasteiger partial charge on any atom is -0.482 e. The number of nitrogens with one attached hydrogen (secondary N) is 1. The Kier molecular flexibility index (Phi) is 5.63. The number of nitrogens with zero attached hydrogens (tertiary/aromatic N) is 3. The second-order valence-corrected chi connectivity index (χ2v) is 7.10. The van der Waals surface area contributed by atoms with Crippen LogP contribution in [0.15, 0.2) is 81.4 Å². The quantitative estimate of drug-likeness (QED) is 0.286. The van der Waals surface area contributed by atoms with Gasteiger partial charge in [0.25, 0.3) is 5.56 Å². The highest BCUT2D eigenvalue weighted by molar-refractivity contribution is 5.82. The number of para-hydroxylation sites is 1.